The summed E-state index contributed by atoms with van der Waals surface area (Å²) in [6.45, 7) is 2.92. The van der Waals surface area contributed by atoms with Crippen molar-refractivity contribution in [2.45, 2.75) is 45.1 Å². The quantitative estimate of drug-likeness (QED) is 0.646. The van der Waals surface area contributed by atoms with Gasteiger partial charge in [0.25, 0.3) is 0 Å². The van der Waals surface area contributed by atoms with E-state index >= 15 is 0 Å². The van der Waals surface area contributed by atoms with Crippen molar-refractivity contribution in [2.24, 2.45) is 5.92 Å². The van der Waals surface area contributed by atoms with Crippen LogP contribution in [0.15, 0.2) is 0 Å². The van der Waals surface area contributed by atoms with Gasteiger partial charge in [-0.05, 0) is 32.1 Å². The van der Waals surface area contributed by atoms with Crippen LogP contribution in [-0.2, 0) is 4.79 Å². The average Bonchev–Trinajstić information content (AvgIpc) is 2.84. The lowest BCUT2D eigenvalue weighted by Crippen LogP contribution is -2.43. The molecule has 6 heteroatoms. The zero-order chi connectivity index (χ0) is 14.3. The number of aliphatic hydroxyl groups excluding tert-OH is 1. The average molecular weight is 272 g/mol. The van der Waals surface area contributed by atoms with E-state index in [1.807, 2.05) is 0 Å². The number of urea groups is 1. The number of nitrogens with one attached hydrogen (secondary N) is 1. The molecule has 2 amide bonds. The number of carbonyl (C=O) groups excluding carboxylic acids is 1. The highest BCUT2D eigenvalue weighted by molar-refractivity contribution is 5.75. The molecule has 3 N–H and O–H groups in total. The summed E-state index contributed by atoms with van der Waals surface area (Å²) in [5.41, 5.74) is 0. The van der Waals surface area contributed by atoms with Crippen LogP contribution in [0.25, 0.3) is 0 Å². The molecule has 2 unspecified atom stereocenters. The van der Waals surface area contributed by atoms with Crippen molar-refractivity contribution < 1.29 is 19.8 Å². The van der Waals surface area contributed by atoms with Gasteiger partial charge in [0.1, 0.15) is 0 Å². The van der Waals surface area contributed by atoms with Crippen molar-refractivity contribution in [3.05, 3.63) is 0 Å². The molecule has 0 bridgehead atoms. The van der Waals surface area contributed by atoms with Crippen molar-refractivity contribution in [3.63, 3.8) is 0 Å². The number of likely N-dealkylation sites (tertiary alicyclic amines) is 1. The first-order chi connectivity index (χ1) is 9.06. The van der Waals surface area contributed by atoms with Gasteiger partial charge < -0.3 is 20.4 Å². The highest BCUT2D eigenvalue weighted by Gasteiger charge is 2.27. The van der Waals surface area contributed by atoms with Crippen LogP contribution in [-0.4, -0.2) is 52.9 Å². The summed E-state index contributed by atoms with van der Waals surface area (Å²) in [5.74, 6) is -1.28. The number of carboxylic acid groups (broad SMARTS) is 1. The number of aliphatic carboxylic acids is 1. The van der Waals surface area contributed by atoms with E-state index in [1.165, 1.54) is 0 Å². The molecule has 0 aromatic rings. The molecule has 19 heavy (non-hydrogen) atoms. The Labute approximate surface area is 113 Å². The van der Waals surface area contributed by atoms with Gasteiger partial charge in [-0.2, -0.15) is 0 Å². The zero-order valence-electron chi connectivity index (χ0n) is 11.5. The molecular formula is C13H24N2O4. The van der Waals surface area contributed by atoms with E-state index in [2.05, 4.69) is 5.32 Å². The Kier molecular flexibility index (Phi) is 6.62. The molecule has 0 radical (unpaired) electrons. The van der Waals surface area contributed by atoms with Gasteiger partial charge in [0.05, 0.1) is 5.92 Å². The van der Waals surface area contributed by atoms with Crippen LogP contribution in [0.1, 0.15) is 39.0 Å². The number of hydrogen-bond acceptors (Lipinski definition) is 3. The molecule has 0 saturated carbocycles. The summed E-state index contributed by atoms with van der Waals surface area (Å²) in [6.07, 6.45) is 3.96. The van der Waals surface area contributed by atoms with E-state index in [0.29, 0.717) is 19.4 Å². The molecule has 1 aliphatic heterocycles. The zero-order valence-corrected chi connectivity index (χ0v) is 11.5. The molecule has 1 rings (SSSR count). The Bertz CT molecular complexity index is 309. The third-order valence-corrected chi connectivity index (χ3v) is 3.61. The Balaban J connectivity index is 2.30. The summed E-state index contributed by atoms with van der Waals surface area (Å²) in [6, 6.07) is 0.0991. The monoisotopic (exact) mass is 272 g/mol. The van der Waals surface area contributed by atoms with Gasteiger partial charge in [-0.1, -0.05) is 6.92 Å². The maximum atomic E-state index is 12.0. The van der Waals surface area contributed by atoms with Gasteiger partial charge in [-0.25, -0.2) is 4.79 Å². The topological polar surface area (TPSA) is 89.9 Å². The maximum Gasteiger partial charge on any atom is 0.317 e. The third kappa shape index (κ3) is 5.06. The molecule has 1 heterocycles. The molecule has 2 atom stereocenters. The molecule has 1 aliphatic rings. The molecule has 0 aromatic heterocycles. The van der Waals surface area contributed by atoms with E-state index in [-0.39, 0.29) is 18.7 Å². The summed E-state index contributed by atoms with van der Waals surface area (Å²) >= 11 is 0. The van der Waals surface area contributed by atoms with Crippen LogP contribution in [0.3, 0.4) is 0 Å². The fourth-order valence-electron chi connectivity index (χ4n) is 2.35. The predicted molar refractivity (Wildman–Crippen MR) is 70.9 cm³/mol. The van der Waals surface area contributed by atoms with E-state index in [9.17, 15) is 9.59 Å². The number of hydrogen-bond donors (Lipinski definition) is 3. The van der Waals surface area contributed by atoms with Crippen LogP contribution in [0.4, 0.5) is 4.79 Å². The van der Waals surface area contributed by atoms with Gasteiger partial charge >= 0.3 is 12.0 Å². The number of aliphatic hydroxyl groups is 1. The van der Waals surface area contributed by atoms with Crippen LogP contribution in [0, 0.1) is 5.92 Å². The van der Waals surface area contributed by atoms with Crippen molar-refractivity contribution in [1.82, 2.24) is 10.2 Å². The van der Waals surface area contributed by atoms with E-state index in [4.69, 9.17) is 10.2 Å². The van der Waals surface area contributed by atoms with E-state index < -0.39 is 11.9 Å². The lowest BCUT2D eigenvalue weighted by molar-refractivity contribution is -0.141. The SMILES string of the molecule is CC(CCNC(=O)N1CCCC1CCCO)C(=O)O. The number of amides is 2. The molecule has 0 spiro atoms. The number of nitrogens with zero attached hydrogens (tertiary/aromatic N) is 1. The predicted octanol–water partition coefficient (Wildman–Crippen LogP) is 1.04. The second-order valence-corrected chi connectivity index (χ2v) is 5.12. The summed E-state index contributed by atoms with van der Waals surface area (Å²) in [4.78, 5) is 24.4. The van der Waals surface area contributed by atoms with E-state index in [1.54, 1.807) is 11.8 Å². The lowest BCUT2D eigenvalue weighted by atomic mass is 10.1. The first-order valence-corrected chi connectivity index (χ1v) is 6.94. The molecule has 0 aliphatic carbocycles. The number of rotatable bonds is 7. The number of carbonyl (C=O) groups is 2. The maximum absolute atomic E-state index is 12.0. The number of carboxylic acids is 1. The minimum atomic E-state index is -0.837. The first kappa shape index (κ1) is 15.8. The summed E-state index contributed by atoms with van der Waals surface area (Å²) < 4.78 is 0. The molecular weight excluding hydrogens is 248 g/mol. The smallest absolute Gasteiger partial charge is 0.317 e. The first-order valence-electron chi connectivity index (χ1n) is 6.94. The van der Waals surface area contributed by atoms with Crippen molar-refractivity contribution in [3.8, 4) is 0 Å². The Morgan fingerprint density at radius 2 is 2.21 bits per heavy atom. The lowest BCUT2D eigenvalue weighted by Gasteiger charge is -2.25. The Hall–Kier alpha value is -1.30. The van der Waals surface area contributed by atoms with Crippen LogP contribution < -0.4 is 5.32 Å². The van der Waals surface area contributed by atoms with Crippen molar-refractivity contribution in [1.29, 1.82) is 0 Å². The minimum absolute atomic E-state index is 0.113. The summed E-state index contributed by atoms with van der Waals surface area (Å²) in [5, 5.41) is 20.4. The van der Waals surface area contributed by atoms with Gasteiger partial charge in [-0.3, -0.25) is 4.79 Å². The summed E-state index contributed by atoms with van der Waals surface area (Å²) in [7, 11) is 0. The second kappa shape index (κ2) is 7.99. The van der Waals surface area contributed by atoms with Gasteiger partial charge in [0.2, 0.25) is 0 Å². The van der Waals surface area contributed by atoms with Crippen LogP contribution >= 0.6 is 0 Å². The molecule has 6 nitrogen and oxygen atoms in total. The van der Waals surface area contributed by atoms with Gasteiger partial charge in [0, 0.05) is 25.7 Å². The molecule has 110 valence electrons. The normalized spacial score (nSPS) is 20.3. The molecule has 1 saturated heterocycles. The largest absolute Gasteiger partial charge is 0.481 e. The van der Waals surface area contributed by atoms with Gasteiger partial charge in [0.15, 0.2) is 0 Å². The molecule has 0 aromatic carbocycles. The third-order valence-electron chi connectivity index (χ3n) is 3.61. The van der Waals surface area contributed by atoms with E-state index in [0.717, 1.165) is 25.8 Å². The Morgan fingerprint density at radius 1 is 1.47 bits per heavy atom. The van der Waals surface area contributed by atoms with Crippen molar-refractivity contribution >= 4 is 12.0 Å². The van der Waals surface area contributed by atoms with Crippen molar-refractivity contribution in [2.75, 3.05) is 19.7 Å². The van der Waals surface area contributed by atoms with Crippen LogP contribution in [0.5, 0.6) is 0 Å². The van der Waals surface area contributed by atoms with Crippen LogP contribution in [0.2, 0.25) is 0 Å². The van der Waals surface area contributed by atoms with Gasteiger partial charge in [-0.15, -0.1) is 0 Å². The standard InChI is InChI=1S/C13H24N2O4/c1-10(12(17)18)6-7-14-13(19)15-8-2-4-11(15)5-3-9-16/h10-11,16H,2-9H2,1H3,(H,14,19)(H,17,18). The second-order valence-electron chi connectivity index (χ2n) is 5.12. The fraction of sp³-hybridized carbons (Fsp3) is 0.846. The Morgan fingerprint density at radius 3 is 2.84 bits per heavy atom. The highest BCUT2D eigenvalue weighted by atomic mass is 16.4. The molecule has 1 fully saturated rings. The fourth-order valence-corrected chi connectivity index (χ4v) is 2.35. The highest BCUT2D eigenvalue weighted by Crippen LogP contribution is 2.21. The minimum Gasteiger partial charge on any atom is -0.481 e.